The third-order valence-electron chi connectivity index (χ3n) is 8.40. The number of benzene rings is 2. The molecule has 3 aromatic rings. The number of carbonyl (C=O) groups is 2. The van der Waals surface area contributed by atoms with Gasteiger partial charge in [0.1, 0.15) is 12.1 Å². The Bertz CT molecular complexity index is 1490. The van der Waals surface area contributed by atoms with Crippen LogP contribution in [0.5, 0.6) is 11.5 Å². The number of anilines is 4. The number of carbonyl (C=O) groups excluding carboxylic acids is 2. The van der Waals surface area contributed by atoms with E-state index in [9.17, 15) is 19.1 Å². The number of hydrogen-bond acceptors (Lipinski definition) is 9. The standard InChI is InChI=1S/C32H40FN7O4/c1-22(2)31(43)40(12-13-41)27-15-24(33)5-7-28(27)44-29-16-35-20-36-30(29)39-11-9-32(19-39)8-10-38(18-32)17-23-4-6-25(34-3)26(14-23)37-21-42/h4-7,14-16,20-22,34,41H,8-13,17-19H2,1-3H3,(H,37,42). The predicted octanol–water partition coefficient (Wildman–Crippen LogP) is 4.10. The van der Waals surface area contributed by atoms with E-state index in [0.29, 0.717) is 18.0 Å². The van der Waals surface area contributed by atoms with E-state index in [4.69, 9.17) is 4.74 Å². The van der Waals surface area contributed by atoms with Gasteiger partial charge in [-0.1, -0.05) is 19.9 Å². The van der Waals surface area contributed by atoms with Crippen LogP contribution in [0.4, 0.5) is 27.3 Å². The molecular weight excluding hydrogens is 565 g/mol. The van der Waals surface area contributed by atoms with Gasteiger partial charge in [-0.2, -0.15) is 0 Å². The third-order valence-corrected chi connectivity index (χ3v) is 8.40. The fourth-order valence-corrected chi connectivity index (χ4v) is 6.25. The second-order valence-electron chi connectivity index (χ2n) is 11.8. The minimum Gasteiger partial charge on any atom is -0.450 e. The van der Waals surface area contributed by atoms with Gasteiger partial charge in [-0.3, -0.25) is 14.5 Å². The molecule has 2 fully saturated rings. The number of aliphatic hydroxyl groups excluding tert-OH is 1. The molecule has 12 heteroatoms. The van der Waals surface area contributed by atoms with Crippen LogP contribution in [0.15, 0.2) is 48.9 Å². The maximum atomic E-state index is 14.4. The molecule has 2 aromatic carbocycles. The molecule has 0 saturated carbocycles. The van der Waals surface area contributed by atoms with Gasteiger partial charge in [0.05, 0.1) is 29.9 Å². The summed E-state index contributed by atoms with van der Waals surface area (Å²) >= 11 is 0. The van der Waals surface area contributed by atoms with Crippen molar-refractivity contribution in [1.29, 1.82) is 0 Å². The van der Waals surface area contributed by atoms with Crippen molar-refractivity contribution in [3.05, 3.63) is 60.3 Å². The van der Waals surface area contributed by atoms with Gasteiger partial charge in [0.25, 0.3) is 0 Å². The number of amides is 2. The molecule has 0 radical (unpaired) electrons. The van der Waals surface area contributed by atoms with Gasteiger partial charge in [-0.15, -0.1) is 0 Å². The number of aromatic nitrogens is 2. The summed E-state index contributed by atoms with van der Waals surface area (Å²) < 4.78 is 20.7. The lowest BCUT2D eigenvalue weighted by Crippen LogP contribution is -2.36. The lowest BCUT2D eigenvalue weighted by atomic mass is 9.86. The molecule has 2 amide bonds. The average molecular weight is 606 g/mol. The minimum absolute atomic E-state index is 0.00860. The normalized spacial score (nSPS) is 18.2. The molecule has 3 heterocycles. The molecule has 2 aliphatic heterocycles. The average Bonchev–Trinajstić information content (AvgIpc) is 3.62. The Morgan fingerprint density at radius 2 is 1.98 bits per heavy atom. The van der Waals surface area contributed by atoms with Crippen LogP contribution in [-0.4, -0.2) is 78.7 Å². The third kappa shape index (κ3) is 6.76. The van der Waals surface area contributed by atoms with Crippen molar-refractivity contribution < 1.29 is 23.8 Å². The highest BCUT2D eigenvalue weighted by molar-refractivity contribution is 5.96. The first kappa shape index (κ1) is 31.1. The number of nitrogens with zero attached hydrogens (tertiary/aromatic N) is 5. The van der Waals surface area contributed by atoms with Crippen molar-refractivity contribution in [2.75, 3.05) is 66.8 Å². The highest BCUT2D eigenvalue weighted by Gasteiger charge is 2.44. The summed E-state index contributed by atoms with van der Waals surface area (Å²) in [6.07, 6.45) is 5.81. The number of ether oxygens (including phenoxy) is 1. The van der Waals surface area contributed by atoms with Gasteiger partial charge in [0, 0.05) is 57.2 Å². The molecule has 5 rings (SSSR count). The summed E-state index contributed by atoms with van der Waals surface area (Å²) in [4.78, 5) is 38.8. The van der Waals surface area contributed by atoms with Crippen LogP contribution in [0, 0.1) is 17.2 Å². The van der Waals surface area contributed by atoms with Crippen LogP contribution in [0.3, 0.4) is 0 Å². The minimum atomic E-state index is -0.516. The van der Waals surface area contributed by atoms with Gasteiger partial charge >= 0.3 is 0 Å². The first-order valence-corrected chi connectivity index (χ1v) is 14.9. The van der Waals surface area contributed by atoms with Crippen LogP contribution >= 0.6 is 0 Å². The fraction of sp³-hybridized carbons (Fsp3) is 0.438. The monoisotopic (exact) mass is 605 g/mol. The van der Waals surface area contributed by atoms with Gasteiger partial charge in [-0.05, 0) is 49.2 Å². The summed E-state index contributed by atoms with van der Waals surface area (Å²) in [5.41, 5.74) is 3.10. The molecule has 234 valence electrons. The van der Waals surface area contributed by atoms with E-state index in [1.165, 1.54) is 29.4 Å². The van der Waals surface area contributed by atoms with Crippen LogP contribution in [0.25, 0.3) is 0 Å². The van der Waals surface area contributed by atoms with Crippen molar-refractivity contribution >= 4 is 35.2 Å². The maximum absolute atomic E-state index is 14.4. The molecule has 0 aliphatic carbocycles. The molecule has 44 heavy (non-hydrogen) atoms. The van der Waals surface area contributed by atoms with E-state index in [-0.39, 0.29) is 41.8 Å². The molecule has 2 saturated heterocycles. The highest BCUT2D eigenvalue weighted by Crippen LogP contribution is 2.44. The van der Waals surface area contributed by atoms with Crippen molar-refractivity contribution in [3.63, 3.8) is 0 Å². The zero-order valence-corrected chi connectivity index (χ0v) is 25.4. The zero-order chi connectivity index (χ0) is 31.3. The van der Waals surface area contributed by atoms with Crippen molar-refractivity contribution in [2.45, 2.75) is 33.2 Å². The molecule has 11 nitrogen and oxygen atoms in total. The molecule has 0 bridgehead atoms. The number of nitrogens with one attached hydrogen (secondary N) is 2. The number of aliphatic hydroxyl groups is 1. The van der Waals surface area contributed by atoms with Crippen molar-refractivity contribution in [1.82, 2.24) is 14.9 Å². The van der Waals surface area contributed by atoms with Crippen molar-refractivity contribution in [3.8, 4) is 11.5 Å². The summed E-state index contributed by atoms with van der Waals surface area (Å²) in [5.74, 6) is 0.203. The van der Waals surface area contributed by atoms with Crippen LogP contribution in [0.1, 0.15) is 32.3 Å². The lowest BCUT2D eigenvalue weighted by Gasteiger charge is -2.27. The fourth-order valence-electron chi connectivity index (χ4n) is 6.25. The maximum Gasteiger partial charge on any atom is 0.229 e. The SMILES string of the molecule is CNc1ccc(CN2CCC3(CCN(c4ncncc4Oc4ccc(F)cc4N(CCO)C(=O)C(C)C)C3)C2)cc1NC=O. The Morgan fingerprint density at radius 3 is 2.73 bits per heavy atom. The van der Waals surface area contributed by atoms with E-state index in [1.54, 1.807) is 20.0 Å². The van der Waals surface area contributed by atoms with E-state index in [2.05, 4.69) is 36.5 Å². The van der Waals surface area contributed by atoms with Gasteiger partial charge < -0.3 is 30.3 Å². The second-order valence-corrected chi connectivity index (χ2v) is 11.8. The van der Waals surface area contributed by atoms with Crippen molar-refractivity contribution in [2.24, 2.45) is 11.3 Å². The Kier molecular flexibility index (Phi) is 9.60. The molecular formula is C32H40FN7O4. The molecule has 1 spiro atoms. The zero-order valence-electron chi connectivity index (χ0n) is 25.4. The smallest absolute Gasteiger partial charge is 0.229 e. The van der Waals surface area contributed by atoms with Crippen LogP contribution in [0.2, 0.25) is 0 Å². The Morgan fingerprint density at radius 1 is 1.16 bits per heavy atom. The summed E-state index contributed by atoms with van der Waals surface area (Å²) in [5, 5.41) is 15.5. The number of halogens is 1. The molecule has 1 atom stereocenters. The largest absolute Gasteiger partial charge is 0.450 e. The predicted molar refractivity (Wildman–Crippen MR) is 168 cm³/mol. The highest BCUT2D eigenvalue weighted by atomic mass is 19.1. The lowest BCUT2D eigenvalue weighted by molar-refractivity contribution is -0.121. The summed E-state index contributed by atoms with van der Waals surface area (Å²) in [6, 6.07) is 10.1. The van der Waals surface area contributed by atoms with E-state index in [0.717, 1.165) is 62.5 Å². The Hall–Kier alpha value is -4.29. The van der Waals surface area contributed by atoms with E-state index < -0.39 is 5.82 Å². The summed E-state index contributed by atoms with van der Waals surface area (Å²) in [7, 11) is 1.83. The molecule has 1 aromatic heterocycles. The second kappa shape index (κ2) is 13.6. The van der Waals surface area contributed by atoms with E-state index in [1.807, 2.05) is 19.2 Å². The number of hydrogen-bond donors (Lipinski definition) is 3. The van der Waals surface area contributed by atoms with Crippen LogP contribution in [-0.2, 0) is 16.1 Å². The molecule has 1 unspecified atom stereocenters. The topological polar surface area (TPSA) is 123 Å². The number of likely N-dealkylation sites (tertiary alicyclic amines) is 1. The van der Waals surface area contributed by atoms with Crippen LogP contribution < -0.4 is 25.2 Å². The first-order chi connectivity index (χ1) is 21.3. The molecule has 2 aliphatic rings. The van der Waals surface area contributed by atoms with Gasteiger partial charge in [0.2, 0.25) is 12.3 Å². The Balaban J connectivity index is 1.32. The Labute approximate surface area is 257 Å². The summed E-state index contributed by atoms with van der Waals surface area (Å²) in [6.45, 7) is 7.52. The van der Waals surface area contributed by atoms with E-state index >= 15 is 0 Å². The quantitative estimate of drug-likeness (QED) is 0.262. The van der Waals surface area contributed by atoms with Gasteiger partial charge in [0.15, 0.2) is 17.3 Å². The van der Waals surface area contributed by atoms with Gasteiger partial charge in [-0.25, -0.2) is 14.4 Å². The molecule has 3 N–H and O–H groups in total. The first-order valence-electron chi connectivity index (χ1n) is 14.9. The number of rotatable bonds is 12.